The first-order chi connectivity index (χ1) is 8.11. The Balaban J connectivity index is 2.74. The average molecular weight is 228 g/mol. The first kappa shape index (κ1) is 11.1. The molecule has 0 aliphatic carbocycles. The van der Waals surface area contributed by atoms with E-state index in [4.69, 9.17) is 0 Å². The van der Waals surface area contributed by atoms with Gasteiger partial charge in [0.2, 0.25) is 0 Å². The maximum Gasteiger partial charge on any atom is 0.198 e. The molecular formula is C13H10NO3-. The van der Waals surface area contributed by atoms with E-state index in [1.165, 1.54) is 6.20 Å². The largest absolute Gasteiger partial charge is 0.545 e. The van der Waals surface area contributed by atoms with Crippen molar-refractivity contribution in [2.24, 2.45) is 0 Å². The zero-order valence-electron chi connectivity index (χ0n) is 9.19. The van der Waals surface area contributed by atoms with Gasteiger partial charge in [-0.25, -0.2) is 0 Å². The van der Waals surface area contributed by atoms with E-state index in [0.29, 0.717) is 16.8 Å². The topological polar surface area (TPSA) is 73.0 Å². The van der Waals surface area contributed by atoms with Gasteiger partial charge in [-0.15, -0.1) is 0 Å². The third-order valence-corrected chi connectivity index (χ3v) is 2.56. The van der Waals surface area contributed by atoms with E-state index in [-0.39, 0.29) is 5.56 Å². The quantitative estimate of drug-likeness (QED) is 0.822. The van der Waals surface area contributed by atoms with Crippen LogP contribution in [0.5, 0.6) is 0 Å². The zero-order chi connectivity index (χ0) is 12.4. The molecule has 0 saturated heterocycles. The van der Waals surface area contributed by atoms with Crippen molar-refractivity contribution in [2.75, 3.05) is 0 Å². The highest BCUT2D eigenvalue weighted by atomic mass is 16.4. The van der Waals surface area contributed by atoms with Gasteiger partial charge < -0.3 is 14.9 Å². The van der Waals surface area contributed by atoms with Gasteiger partial charge in [-0.1, -0.05) is 30.3 Å². The standard InChI is InChI=1S/C13H11NO3/c1-8-11(9-5-3-2-4-6-9)12(15)10(7-14-8)13(16)17/h2-7H,1H3,(H,14,15)(H,16,17)/p-1. The number of carbonyl (C=O) groups excluding carboxylic acids is 1. The molecule has 0 atom stereocenters. The SMILES string of the molecule is Cc1[nH]cc(C(=O)[O-])c(=O)c1-c1ccccc1. The number of aromatic carboxylic acids is 1. The number of aromatic amines is 1. The Kier molecular flexibility index (Phi) is 2.78. The number of carboxylic acids is 1. The van der Waals surface area contributed by atoms with E-state index >= 15 is 0 Å². The molecule has 0 amide bonds. The average Bonchev–Trinajstić information content (AvgIpc) is 2.30. The van der Waals surface area contributed by atoms with Crippen molar-refractivity contribution >= 4 is 5.97 Å². The van der Waals surface area contributed by atoms with E-state index in [9.17, 15) is 14.7 Å². The molecule has 4 heteroatoms. The number of hydrogen-bond acceptors (Lipinski definition) is 3. The molecule has 0 radical (unpaired) electrons. The second-order valence-corrected chi connectivity index (χ2v) is 3.68. The Morgan fingerprint density at radius 1 is 1.24 bits per heavy atom. The van der Waals surface area contributed by atoms with Gasteiger partial charge >= 0.3 is 0 Å². The molecule has 1 heterocycles. The minimum atomic E-state index is -1.47. The van der Waals surface area contributed by atoms with Crippen molar-refractivity contribution in [1.29, 1.82) is 0 Å². The molecule has 4 nitrogen and oxygen atoms in total. The number of hydrogen-bond donors (Lipinski definition) is 1. The van der Waals surface area contributed by atoms with Crippen LogP contribution < -0.4 is 10.5 Å². The molecular weight excluding hydrogens is 218 g/mol. The third-order valence-electron chi connectivity index (χ3n) is 2.56. The number of carbonyl (C=O) groups is 1. The summed E-state index contributed by atoms with van der Waals surface area (Å²) in [5.74, 6) is -1.47. The van der Waals surface area contributed by atoms with Gasteiger partial charge in [-0.2, -0.15) is 0 Å². The molecule has 1 aromatic heterocycles. The first-order valence-corrected chi connectivity index (χ1v) is 5.10. The van der Waals surface area contributed by atoms with Gasteiger partial charge in [0.15, 0.2) is 5.43 Å². The number of benzene rings is 1. The van der Waals surface area contributed by atoms with Gasteiger partial charge in [0.25, 0.3) is 0 Å². The molecule has 0 aliphatic heterocycles. The highest BCUT2D eigenvalue weighted by Crippen LogP contribution is 2.17. The molecule has 1 aromatic carbocycles. The lowest BCUT2D eigenvalue weighted by molar-refractivity contribution is -0.255. The molecule has 0 unspecified atom stereocenters. The summed E-state index contributed by atoms with van der Waals surface area (Å²) in [5, 5.41) is 10.8. The summed E-state index contributed by atoms with van der Waals surface area (Å²) in [5.41, 5.74) is 0.815. The molecule has 0 bridgehead atoms. The van der Waals surface area contributed by atoms with Crippen LogP contribution in [0.4, 0.5) is 0 Å². The van der Waals surface area contributed by atoms with Crippen molar-refractivity contribution in [3.05, 3.63) is 58.0 Å². The highest BCUT2D eigenvalue weighted by molar-refractivity contribution is 5.87. The molecule has 0 spiro atoms. The van der Waals surface area contributed by atoms with Crippen molar-refractivity contribution in [3.8, 4) is 11.1 Å². The molecule has 0 saturated carbocycles. The summed E-state index contributed by atoms with van der Waals surface area (Å²) >= 11 is 0. The second-order valence-electron chi connectivity index (χ2n) is 3.68. The molecule has 0 aliphatic rings. The fourth-order valence-electron chi connectivity index (χ4n) is 1.73. The Morgan fingerprint density at radius 2 is 1.88 bits per heavy atom. The lowest BCUT2D eigenvalue weighted by Crippen LogP contribution is -2.30. The van der Waals surface area contributed by atoms with Crippen LogP contribution in [0.2, 0.25) is 0 Å². The molecule has 2 rings (SSSR count). The normalized spacial score (nSPS) is 10.2. The summed E-state index contributed by atoms with van der Waals surface area (Å²) in [6, 6.07) is 8.93. The summed E-state index contributed by atoms with van der Waals surface area (Å²) in [6.07, 6.45) is 1.17. The van der Waals surface area contributed by atoms with Crippen molar-refractivity contribution in [2.45, 2.75) is 6.92 Å². The Morgan fingerprint density at radius 3 is 2.47 bits per heavy atom. The van der Waals surface area contributed by atoms with Crippen LogP contribution in [0.1, 0.15) is 16.1 Å². The number of aryl methyl sites for hydroxylation is 1. The summed E-state index contributed by atoms with van der Waals surface area (Å²) < 4.78 is 0. The predicted octanol–water partition coefficient (Wildman–Crippen LogP) is 0.714. The number of pyridine rings is 1. The van der Waals surface area contributed by atoms with E-state index < -0.39 is 11.4 Å². The highest BCUT2D eigenvalue weighted by Gasteiger charge is 2.11. The zero-order valence-corrected chi connectivity index (χ0v) is 9.19. The van der Waals surface area contributed by atoms with Gasteiger partial charge in [-0.05, 0) is 12.5 Å². The Hall–Kier alpha value is -2.36. The minimum absolute atomic E-state index is 0.352. The Labute approximate surface area is 97.6 Å². The number of nitrogens with one attached hydrogen (secondary N) is 1. The van der Waals surface area contributed by atoms with Crippen molar-refractivity contribution in [3.63, 3.8) is 0 Å². The van der Waals surface area contributed by atoms with E-state index in [1.54, 1.807) is 31.2 Å². The van der Waals surface area contributed by atoms with Gasteiger partial charge in [0.05, 0.1) is 11.5 Å². The third kappa shape index (κ3) is 1.97. The van der Waals surface area contributed by atoms with Crippen LogP contribution in [-0.4, -0.2) is 11.0 Å². The molecule has 1 N–H and O–H groups in total. The Bertz CT molecular complexity index is 614. The van der Waals surface area contributed by atoms with Crippen LogP contribution in [-0.2, 0) is 0 Å². The van der Waals surface area contributed by atoms with Gasteiger partial charge in [0.1, 0.15) is 0 Å². The maximum atomic E-state index is 12.0. The maximum absolute atomic E-state index is 12.0. The first-order valence-electron chi connectivity index (χ1n) is 5.10. The number of rotatable bonds is 2. The van der Waals surface area contributed by atoms with Crippen LogP contribution >= 0.6 is 0 Å². The molecule has 17 heavy (non-hydrogen) atoms. The van der Waals surface area contributed by atoms with Gasteiger partial charge in [0, 0.05) is 17.5 Å². The lowest BCUT2D eigenvalue weighted by Gasteiger charge is -2.08. The number of carboxylic acid groups (broad SMARTS) is 1. The summed E-state index contributed by atoms with van der Waals surface area (Å²) in [4.78, 5) is 25.5. The summed E-state index contributed by atoms with van der Waals surface area (Å²) in [6.45, 7) is 1.72. The lowest BCUT2D eigenvalue weighted by atomic mass is 10.0. The van der Waals surface area contributed by atoms with Crippen LogP contribution in [0.15, 0.2) is 41.3 Å². The fraction of sp³-hybridized carbons (Fsp3) is 0.0769. The molecule has 86 valence electrons. The van der Waals surface area contributed by atoms with Crippen LogP contribution in [0.25, 0.3) is 11.1 Å². The fourth-order valence-corrected chi connectivity index (χ4v) is 1.73. The minimum Gasteiger partial charge on any atom is -0.545 e. The smallest absolute Gasteiger partial charge is 0.198 e. The number of H-pyrrole nitrogens is 1. The molecule has 0 fully saturated rings. The van der Waals surface area contributed by atoms with Gasteiger partial charge in [-0.3, -0.25) is 4.79 Å². The monoisotopic (exact) mass is 228 g/mol. The van der Waals surface area contributed by atoms with Crippen LogP contribution in [0.3, 0.4) is 0 Å². The van der Waals surface area contributed by atoms with Crippen LogP contribution in [0, 0.1) is 6.92 Å². The van der Waals surface area contributed by atoms with Crippen molar-refractivity contribution < 1.29 is 9.90 Å². The second kappa shape index (κ2) is 4.25. The predicted molar refractivity (Wildman–Crippen MR) is 61.6 cm³/mol. The number of aromatic nitrogens is 1. The summed E-state index contributed by atoms with van der Waals surface area (Å²) in [7, 11) is 0. The van der Waals surface area contributed by atoms with E-state index in [2.05, 4.69) is 4.98 Å². The van der Waals surface area contributed by atoms with Crippen molar-refractivity contribution in [1.82, 2.24) is 4.98 Å². The molecule has 2 aromatic rings. The van der Waals surface area contributed by atoms with E-state index in [0.717, 1.165) is 0 Å². The van der Waals surface area contributed by atoms with E-state index in [1.807, 2.05) is 6.07 Å².